The summed E-state index contributed by atoms with van der Waals surface area (Å²) in [6.45, 7) is 0. The minimum atomic E-state index is -0.844. The number of nitrogens with zero attached hydrogens (tertiary/aromatic N) is 6. The molecular weight excluding hydrogens is 1080 g/mol. The summed E-state index contributed by atoms with van der Waals surface area (Å²) in [4.78, 5) is 53.4. The van der Waals surface area contributed by atoms with E-state index in [1.54, 1.807) is 22.7 Å². The molecule has 0 aliphatic carbocycles. The van der Waals surface area contributed by atoms with Crippen molar-refractivity contribution in [3.05, 3.63) is 192 Å². The lowest BCUT2D eigenvalue weighted by molar-refractivity contribution is -0.138. The summed E-state index contributed by atoms with van der Waals surface area (Å²) in [5, 5.41) is 37.0. The second-order valence-corrected chi connectivity index (χ2v) is 22.2. The van der Waals surface area contributed by atoms with Crippen LogP contribution in [0.3, 0.4) is 0 Å². The molecule has 14 nitrogen and oxygen atoms in total. The molecule has 0 fully saturated rings. The van der Waals surface area contributed by atoms with Gasteiger partial charge in [-0.25, -0.2) is 0 Å². The van der Waals surface area contributed by atoms with Crippen LogP contribution in [-0.2, 0) is 56.2 Å². The Kier molecular flexibility index (Phi) is 15.6. The molecule has 0 radical (unpaired) electrons. The third kappa shape index (κ3) is 11.7. The number of hydrogen-bond acceptors (Lipinski definition) is 13. The number of carboxylic acid groups (broad SMARTS) is 4. The lowest BCUT2D eigenvalue weighted by Gasteiger charge is -2.26. The van der Waals surface area contributed by atoms with Crippen molar-refractivity contribution in [2.45, 2.75) is 51.4 Å². The van der Waals surface area contributed by atoms with Crippen LogP contribution in [0.25, 0.3) is 52.8 Å². The molecule has 0 atom stereocenters. The third-order valence-electron chi connectivity index (χ3n) is 13.7. The Balaban J connectivity index is 0.860. The van der Waals surface area contributed by atoms with Gasteiger partial charge >= 0.3 is 23.9 Å². The molecule has 18 heteroatoms. The van der Waals surface area contributed by atoms with Gasteiger partial charge in [-0.3, -0.25) is 19.2 Å². The maximum absolute atomic E-state index is 11.3. The van der Waals surface area contributed by atoms with Gasteiger partial charge in [-0.2, -0.15) is 17.5 Å². The van der Waals surface area contributed by atoms with Crippen LogP contribution in [0.1, 0.15) is 47.9 Å². The van der Waals surface area contributed by atoms with Crippen LogP contribution in [0.4, 0.5) is 45.5 Å². The van der Waals surface area contributed by atoms with Gasteiger partial charge in [0.1, 0.15) is 22.4 Å². The summed E-state index contributed by atoms with van der Waals surface area (Å²) < 4.78 is 19.5. The van der Waals surface area contributed by atoms with Gasteiger partial charge in [0.05, 0.1) is 23.1 Å². The topological polar surface area (TPSA) is 206 Å². The van der Waals surface area contributed by atoms with E-state index in [1.165, 1.54) is 0 Å². The largest absolute Gasteiger partial charge is 0.481 e. The molecule has 0 saturated heterocycles. The van der Waals surface area contributed by atoms with Crippen LogP contribution in [-0.4, -0.2) is 53.1 Å². The van der Waals surface area contributed by atoms with Gasteiger partial charge in [0.15, 0.2) is 0 Å². The van der Waals surface area contributed by atoms with Gasteiger partial charge in [0, 0.05) is 90.4 Å². The molecule has 0 amide bonds. The van der Waals surface area contributed by atoms with Gasteiger partial charge in [-0.15, -0.1) is 22.7 Å². The van der Waals surface area contributed by atoms with E-state index in [2.05, 4.69) is 82.6 Å². The van der Waals surface area contributed by atoms with Gasteiger partial charge < -0.3 is 30.2 Å². The number of thiophene rings is 2. The summed E-state index contributed by atoms with van der Waals surface area (Å²) >= 11 is 5.62. The summed E-state index contributed by atoms with van der Waals surface area (Å²) in [5.41, 5.74) is 16.0. The van der Waals surface area contributed by atoms with Crippen molar-refractivity contribution in [3.8, 4) is 41.8 Å². The van der Waals surface area contributed by atoms with E-state index in [0.717, 1.165) is 144 Å². The minimum Gasteiger partial charge on any atom is -0.481 e. The van der Waals surface area contributed by atoms with Crippen LogP contribution < -0.4 is 9.80 Å². The second-order valence-electron chi connectivity index (χ2n) is 19.0. The van der Waals surface area contributed by atoms with Crippen LogP contribution in [0.2, 0.25) is 0 Å². The van der Waals surface area contributed by atoms with Crippen molar-refractivity contribution in [1.29, 1.82) is 0 Å². The van der Waals surface area contributed by atoms with Gasteiger partial charge in [-0.1, -0.05) is 72.8 Å². The Labute approximate surface area is 475 Å². The standard InChI is InChI=1S/C62H48N6O8S4/c69-53(70)33-9-37-1-17-43(18-2-37)67(44-19-3-38(4-20-44)10-34-54(71)72)47-25-13-41(14-26-47)49-29-31-51(77-49)57-59-61(65-79-63-59)58(62-60(57)64-80-66-62)52-32-30-50(78-52)42-15-27-48(28-16-42)68(45-21-5-39(6-22-45)11-35-55(73)74)46-23-7-40(8-24-46)12-36-56(75)76/h1-8,13-32H,9-12,33-36H2,(H,69,70)(H,71,72)(H,73,74)(H,75,76). The predicted molar refractivity (Wildman–Crippen MR) is 320 cm³/mol. The molecule has 4 heterocycles. The maximum atomic E-state index is 11.3. The molecule has 0 spiro atoms. The van der Waals surface area contributed by atoms with Crippen molar-refractivity contribution in [2.24, 2.45) is 8.73 Å². The van der Waals surface area contributed by atoms with E-state index in [0.29, 0.717) is 25.7 Å². The van der Waals surface area contributed by atoms with Gasteiger partial charge in [-0.05, 0) is 156 Å². The summed E-state index contributed by atoms with van der Waals surface area (Å²) in [5.74, 6) is -3.38. The fourth-order valence-corrected chi connectivity index (χ4v) is 12.9. The van der Waals surface area contributed by atoms with Gasteiger partial charge in [0.25, 0.3) is 0 Å². The van der Waals surface area contributed by atoms with Gasteiger partial charge in [0.2, 0.25) is 0 Å². The lowest BCUT2D eigenvalue weighted by atomic mass is 10.0. The predicted octanol–water partition coefficient (Wildman–Crippen LogP) is 16.2. The van der Waals surface area contributed by atoms with E-state index in [9.17, 15) is 39.6 Å². The molecule has 10 aromatic rings. The number of aromatic nitrogens is 2. The molecule has 0 saturated carbocycles. The fraction of sp³-hybridized carbons (Fsp3) is 0.129. The smallest absolute Gasteiger partial charge is 0.303 e. The highest BCUT2D eigenvalue weighted by Crippen LogP contribution is 2.55. The average Bonchev–Trinajstić information content (AvgIpc) is 4.43. The molecule has 0 bridgehead atoms. The minimum absolute atomic E-state index is 0.0461. The first-order valence-corrected chi connectivity index (χ1v) is 28.7. The van der Waals surface area contributed by atoms with E-state index in [4.69, 9.17) is 17.5 Å². The Morgan fingerprint density at radius 2 is 0.613 bits per heavy atom. The molecule has 11 rings (SSSR count). The van der Waals surface area contributed by atoms with Crippen molar-refractivity contribution >= 4 is 126 Å². The van der Waals surface area contributed by atoms with Crippen LogP contribution >= 0.6 is 34.4 Å². The Hall–Kier alpha value is -8.94. The summed E-state index contributed by atoms with van der Waals surface area (Å²) in [6.07, 6.45) is 1.90. The zero-order valence-electron chi connectivity index (χ0n) is 42.6. The fourth-order valence-electron chi connectivity index (χ4n) is 9.67. The molecule has 4 N–H and O–H groups in total. The number of fused-ring (bicyclic) bond motifs is 2. The molecule has 80 heavy (non-hydrogen) atoms. The van der Waals surface area contributed by atoms with E-state index < -0.39 is 23.9 Å². The number of anilines is 6. The molecule has 1 aliphatic heterocycles. The molecule has 3 aromatic heterocycles. The first kappa shape index (κ1) is 53.1. The molecule has 7 aromatic carbocycles. The number of aliphatic carboxylic acids is 4. The van der Waals surface area contributed by atoms with Crippen molar-refractivity contribution in [1.82, 2.24) is 8.75 Å². The molecular formula is C62H48N6O8S4. The van der Waals surface area contributed by atoms with Crippen LogP contribution in [0.15, 0.2) is 179 Å². The second kappa shape index (κ2) is 23.6. The van der Waals surface area contributed by atoms with Crippen molar-refractivity contribution < 1.29 is 39.6 Å². The highest BCUT2D eigenvalue weighted by atomic mass is 32.1. The highest BCUT2D eigenvalue weighted by molar-refractivity contribution is 7.58. The van der Waals surface area contributed by atoms with E-state index in [1.807, 2.05) is 97.1 Å². The normalized spacial score (nSPS) is 11.6. The Bertz CT molecular complexity index is 3620. The monoisotopic (exact) mass is 1130 g/mol. The van der Waals surface area contributed by atoms with Crippen LogP contribution in [0.5, 0.6) is 0 Å². The number of carbonyl (C=O) groups is 4. The molecule has 1 aliphatic rings. The molecule has 398 valence electrons. The number of rotatable bonds is 22. The van der Waals surface area contributed by atoms with Crippen molar-refractivity contribution in [3.63, 3.8) is 0 Å². The quantitative estimate of drug-likeness (QED) is 0.0500. The summed E-state index contributed by atoms with van der Waals surface area (Å²) in [6, 6.07) is 56.7. The Morgan fingerprint density at radius 3 is 0.887 bits per heavy atom. The van der Waals surface area contributed by atoms with E-state index in [-0.39, 0.29) is 25.7 Å². The number of carboxylic acids is 4. The lowest BCUT2D eigenvalue weighted by Crippen LogP contribution is -2.10. The number of hydrogen-bond donors (Lipinski definition) is 4. The van der Waals surface area contributed by atoms with Crippen molar-refractivity contribution in [2.75, 3.05) is 9.80 Å². The van der Waals surface area contributed by atoms with Crippen LogP contribution in [0, 0.1) is 0 Å². The maximum Gasteiger partial charge on any atom is 0.303 e. The Morgan fingerprint density at radius 1 is 0.350 bits per heavy atom. The zero-order valence-corrected chi connectivity index (χ0v) is 45.8. The highest BCUT2D eigenvalue weighted by Gasteiger charge is 2.28. The third-order valence-corrected chi connectivity index (χ3v) is 17.1. The number of aryl methyl sites for hydroxylation is 4. The summed E-state index contributed by atoms with van der Waals surface area (Å²) in [7, 11) is 0. The van der Waals surface area contributed by atoms with E-state index >= 15 is 0 Å². The molecule has 0 unspecified atom stereocenters. The zero-order chi connectivity index (χ0) is 55.3. The average molecular weight is 1130 g/mol. The SMILES string of the molecule is O=C(O)CCc1ccc(N(c2ccc(CCC(=O)O)cc2)c2ccc(-c3ccc(-c4c5c(c(-c6ccc(-c7ccc(N(c8ccc(CCC(=O)O)cc8)c8ccc(CCC(=O)O)cc8)cc7)s6)c6nsnc46)N=S=N5)s3)cc2)cc1. The first-order valence-electron chi connectivity index (χ1n) is 25.6. The number of benzene rings is 7. The first-order chi connectivity index (χ1) is 38.9.